The maximum atomic E-state index is 11.0. The van der Waals surface area contributed by atoms with E-state index < -0.39 is 11.5 Å². The zero-order chi connectivity index (χ0) is 9.90. The van der Waals surface area contributed by atoms with E-state index >= 15 is 0 Å². The maximum Gasteiger partial charge on any atom is 0.323 e. The van der Waals surface area contributed by atoms with Gasteiger partial charge in [-0.1, -0.05) is 0 Å². The monoisotopic (exact) mass is 181 g/mol. The fourth-order valence-corrected chi connectivity index (χ4v) is 1.82. The zero-order valence-electron chi connectivity index (χ0n) is 7.92. The van der Waals surface area contributed by atoms with Crippen LogP contribution in [0.3, 0.4) is 0 Å². The van der Waals surface area contributed by atoms with E-state index in [-0.39, 0.29) is 0 Å². The second kappa shape index (κ2) is 3.80. The lowest BCUT2D eigenvalue weighted by Crippen LogP contribution is -2.48. The highest BCUT2D eigenvalue weighted by molar-refractivity contribution is 5.78. The summed E-state index contributed by atoms with van der Waals surface area (Å²) in [5.74, 6) is 1.80. The van der Waals surface area contributed by atoms with Crippen LogP contribution in [0.4, 0.5) is 0 Å². The van der Waals surface area contributed by atoms with Crippen LogP contribution in [0.15, 0.2) is 0 Å². The summed E-state index contributed by atoms with van der Waals surface area (Å²) in [5, 5.41) is 9.05. The summed E-state index contributed by atoms with van der Waals surface area (Å²) in [5.41, 5.74) is -0.684. The molecule has 1 aliphatic rings. The minimum absolute atomic E-state index is 0.628. The molecular weight excluding hydrogens is 166 g/mol. The fourth-order valence-electron chi connectivity index (χ4n) is 1.82. The Morgan fingerprint density at radius 2 is 2.46 bits per heavy atom. The number of carboxylic acid groups (broad SMARTS) is 1. The average molecular weight is 181 g/mol. The smallest absolute Gasteiger partial charge is 0.323 e. The summed E-state index contributed by atoms with van der Waals surface area (Å²) in [6.07, 6.45) is 7.46. The van der Waals surface area contributed by atoms with E-state index in [2.05, 4.69) is 5.92 Å². The van der Waals surface area contributed by atoms with Gasteiger partial charge in [-0.25, -0.2) is 0 Å². The van der Waals surface area contributed by atoms with Gasteiger partial charge in [-0.3, -0.25) is 9.69 Å². The van der Waals surface area contributed by atoms with Gasteiger partial charge in [0.05, 0.1) is 0 Å². The van der Waals surface area contributed by atoms with Crippen LogP contribution >= 0.6 is 0 Å². The van der Waals surface area contributed by atoms with E-state index in [0.717, 1.165) is 19.4 Å². The van der Waals surface area contributed by atoms with Gasteiger partial charge >= 0.3 is 5.97 Å². The molecule has 1 unspecified atom stereocenters. The van der Waals surface area contributed by atoms with Gasteiger partial charge in [-0.2, -0.15) is 0 Å². The van der Waals surface area contributed by atoms with Gasteiger partial charge in [-0.15, -0.1) is 12.3 Å². The van der Waals surface area contributed by atoms with Crippen molar-refractivity contribution in [3.8, 4) is 12.3 Å². The molecule has 1 heterocycles. The Bertz CT molecular complexity index is 244. The molecule has 0 spiro atoms. The van der Waals surface area contributed by atoms with Crippen LogP contribution in [-0.2, 0) is 4.79 Å². The van der Waals surface area contributed by atoms with Crippen molar-refractivity contribution in [1.82, 2.24) is 4.90 Å². The summed E-state index contributed by atoms with van der Waals surface area (Å²) < 4.78 is 0. The summed E-state index contributed by atoms with van der Waals surface area (Å²) in [6.45, 7) is 3.32. The molecule has 1 fully saturated rings. The van der Waals surface area contributed by atoms with E-state index in [1.807, 2.05) is 4.90 Å². The highest BCUT2D eigenvalue weighted by Crippen LogP contribution is 2.28. The molecule has 0 saturated carbocycles. The van der Waals surface area contributed by atoms with Gasteiger partial charge in [-0.05, 0) is 26.3 Å². The highest BCUT2D eigenvalue weighted by Gasteiger charge is 2.42. The van der Waals surface area contributed by atoms with Gasteiger partial charge in [0.2, 0.25) is 0 Å². The lowest BCUT2D eigenvalue weighted by Gasteiger charge is -2.30. The van der Waals surface area contributed by atoms with Gasteiger partial charge in [0.25, 0.3) is 0 Å². The van der Waals surface area contributed by atoms with Crippen molar-refractivity contribution in [1.29, 1.82) is 0 Å². The van der Waals surface area contributed by atoms with E-state index in [9.17, 15) is 4.79 Å². The molecule has 1 aliphatic heterocycles. The van der Waals surface area contributed by atoms with E-state index in [4.69, 9.17) is 11.5 Å². The number of terminal acetylenes is 1. The van der Waals surface area contributed by atoms with Crippen molar-refractivity contribution < 1.29 is 9.90 Å². The molecule has 3 heteroatoms. The third kappa shape index (κ3) is 1.84. The van der Waals surface area contributed by atoms with Crippen molar-refractivity contribution in [3.05, 3.63) is 0 Å². The first kappa shape index (κ1) is 10.1. The first-order valence-electron chi connectivity index (χ1n) is 4.53. The number of carbonyl (C=O) groups is 1. The number of nitrogens with zero attached hydrogens (tertiary/aromatic N) is 1. The Labute approximate surface area is 78.7 Å². The molecule has 13 heavy (non-hydrogen) atoms. The van der Waals surface area contributed by atoms with Crippen molar-refractivity contribution in [2.24, 2.45) is 0 Å². The van der Waals surface area contributed by atoms with Crippen molar-refractivity contribution in [3.63, 3.8) is 0 Å². The molecule has 1 N–H and O–H groups in total. The Balaban J connectivity index is 2.63. The third-order valence-electron chi connectivity index (χ3n) is 2.78. The predicted octanol–water partition coefficient (Wildman–Crippen LogP) is 0.949. The number of rotatable bonds is 3. The standard InChI is InChI=1S/C10H15NO2/c1-3-4-7-11-8-5-6-10(11,2)9(12)13/h1H,4-8H2,2H3,(H,12,13). The van der Waals surface area contributed by atoms with Crippen LogP contribution < -0.4 is 0 Å². The molecule has 3 nitrogen and oxygen atoms in total. The summed E-state index contributed by atoms with van der Waals surface area (Å²) >= 11 is 0. The Morgan fingerprint density at radius 3 is 3.00 bits per heavy atom. The number of aliphatic carboxylic acids is 1. The van der Waals surface area contributed by atoms with Crippen LogP contribution in [0, 0.1) is 12.3 Å². The normalized spacial score (nSPS) is 28.6. The number of likely N-dealkylation sites (tertiary alicyclic amines) is 1. The molecule has 1 atom stereocenters. The fraction of sp³-hybridized carbons (Fsp3) is 0.700. The number of carboxylic acids is 1. The number of hydrogen-bond acceptors (Lipinski definition) is 2. The van der Waals surface area contributed by atoms with E-state index in [1.165, 1.54) is 0 Å². The predicted molar refractivity (Wildman–Crippen MR) is 50.3 cm³/mol. The summed E-state index contributed by atoms with van der Waals surface area (Å²) in [4.78, 5) is 13.0. The maximum absolute atomic E-state index is 11.0. The van der Waals surface area contributed by atoms with Crippen LogP contribution in [-0.4, -0.2) is 34.6 Å². The molecule has 1 saturated heterocycles. The summed E-state index contributed by atoms with van der Waals surface area (Å²) in [6, 6.07) is 0. The van der Waals surface area contributed by atoms with Crippen molar-refractivity contribution in [2.45, 2.75) is 31.7 Å². The first-order chi connectivity index (χ1) is 6.11. The van der Waals surface area contributed by atoms with Crippen LogP contribution in [0.1, 0.15) is 26.2 Å². The molecule has 1 rings (SSSR count). The lowest BCUT2D eigenvalue weighted by molar-refractivity contribution is -0.148. The topological polar surface area (TPSA) is 40.5 Å². The van der Waals surface area contributed by atoms with E-state index in [1.54, 1.807) is 6.92 Å². The Hall–Kier alpha value is -1.01. The Morgan fingerprint density at radius 1 is 1.77 bits per heavy atom. The molecule has 0 aliphatic carbocycles. The van der Waals surface area contributed by atoms with Gasteiger partial charge < -0.3 is 5.11 Å². The SMILES string of the molecule is C#CCCN1CCCC1(C)C(=O)O. The largest absolute Gasteiger partial charge is 0.480 e. The van der Waals surface area contributed by atoms with E-state index in [0.29, 0.717) is 13.0 Å². The minimum atomic E-state index is -0.734. The lowest BCUT2D eigenvalue weighted by atomic mass is 9.99. The highest BCUT2D eigenvalue weighted by atomic mass is 16.4. The summed E-state index contributed by atoms with van der Waals surface area (Å²) in [7, 11) is 0. The quantitative estimate of drug-likeness (QED) is 0.659. The van der Waals surface area contributed by atoms with Crippen LogP contribution in [0.5, 0.6) is 0 Å². The Kier molecular flexibility index (Phi) is 2.94. The average Bonchev–Trinajstić information content (AvgIpc) is 2.45. The van der Waals surface area contributed by atoms with Crippen molar-refractivity contribution in [2.75, 3.05) is 13.1 Å². The van der Waals surface area contributed by atoms with Crippen LogP contribution in [0.2, 0.25) is 0 Å². The molecule has 0 aromatic heterocycles. The second-order valence-corrected chi connectivity index (χ2v) is 3.62. The van der Waals surface area contributed by atoms with Crippen molar-refractivity contribution >= 4 is 5.97 Å². The molecule has 0 aromatic rings. The molecule has 72 valence electrons. The van der Waals surface area contributed by atoms with Gasteiger partial charge in [0, 0.05) is 13.0 Å². The third-order valence-corrected chi connectivity index (χ3v) is 2.78. The molecular formula is C10H15NO2. The van der Waals surface area contributed by atoms with Gasteiger partial charge in [0.15, 0.2) is 0 Å². The minimum Gasteiger partial charge on any atom is -0.480 e. The molecule has 0 amide bonds. The number of hydrogen-bond donors (Lipinski definition) is 1. The molecule has 0 bridgehead atoms. The molecule has 0 radical (unpaired) electrons. The zero-order valence-corrected chi connectivity index (χ0v) is 7.92. The van der Waals surface area contributed by atoms with Gasteiger partial charge in [0.1, 0.15) is 5.54 Å². The second-order valence-electron chi connectivity index (χ2n) is 3.62. The van der Waals surface area contributed by atoms with Crippen LogP contribution in [0.25, 0.3) is 0 Å². The first-order valence-corrected chi connectivity index (χ1v) is 4.53. The molecule has 0 aromatic carbocycles.